The van der Waals surface area contributed by atoms with E-state index in [1.54, 1.807) is 0 Å². The average Bonchev–Trinajstić information content (AvgIpc) is 2.73. The number of hydrogen-bond donors (Lipinski definition) is 0. The monoisotopic (exact) mass is 450 g/mol. The maximum Gasteiger partial charge on any atom is 0.222 e. The minimum Gasteiger partial charge on any atom is -0.412 e. The van der Waals surface area contributed by atoms with Crippen LogP contribution in [0.4, 0.5) is 10.1 Å². The van der Waals surface area contributed by atoms with Crippen molar-refractivity contribution in [1.82, 2.24) is 4.90 Å². The molecule has 174 valence electrons. The first-order chi connectivity index (χ1) is 14.6. The van der Waals surface area contributed by atoms with Crippen molar-refractivity contribution in [1.29, 1.82) is 0 Å². The average molecular weight is 451 g/mol. The zero-order valence-electron chi connectivity index (χ0n) is 19.9. The Kier molecular flexibility index (Phi) is 7.81. The number of benzene rings is 1. The standard InChI is InChI=1S/C24H39FN2O3Si/c1-24(2,3)31(4,5)30-18-20-7-6-8-21(23(20)25)26-11-13-27(14-12-26)22(28)17-19-9-15-29-16-10-19/h6-8,19H,9-18H2,1-5H3. The van der Waals surface area contributed by atoms with E-state index in [9.17, 15) is 4.79 Å². The number of piperazine rings is 1. The largest absolute Gasteiger partial charge is 0.412 e. The van der Waals surface area contributed by atoms with Gasteiger partial charge in [0.2, 0.25) is 5.91 Å². The van der Waals surface area contributed by atoms with Crippen molar-refractivity contribution in [2.75, 3.05) is 44.3 Å². The summed E-state index contributed by atoms with van der Waals surface area (Å²) in [5.41, 5.74) is 1.23. The van der Waals surface area contributed by atoms with Crippen LogP contribution < -0.4 is 4.90 Å². The van der Waals surface area contributed by atoms with E-state index in [1.807, 2.05) is 23.1 Å². The number of rotatable bonds is 6. The van der Waals surface area contributed by atoms with Crippen molar-refractivity contribution in [3.05, 3.63) is 29.6 Å². The summed E-state index contributed by atoms with van der Waals surface area (Å²) < 4.78 is 26.9. The molecule has 2 saturated heterocycles. The summed E-state index contributed by atoms with van der Waals surface area (Å²) in [7, 11) is -1.94. The first-order valence-corrected chi connectivity index (χ1v) is 14.5. The van der Waals surface area contributed by atoms with Gasteiger partial charge in [-0.3, -0.25) is 4.79 Å². The number of ether oxygens (including phenoxy) is 1. The molecule has 2 fully saturated rings. The number of halogens is 1. The van der Waals surface area contributed by atoms with Crippen LogP contribution in [0.1, 0.15) is 45.6 Å². The van der Waals surface area contributed by atoms with Gasteiger partial charge in [-0.2, -0.15) is 0 Å². The second kappa shape index (κ2) is 10.0. The Hall–Kier alpha value is -1.44. The van der Waals surface area contributed by atoms with Gasteiger partial charge in [-0.15, -0.1) is 0 Å². The highest BCUT2D eigenvalue weighted by molar-refractivity contribution is 6.74. The van der Waals surface area contributed by atoms with Crippen LogP contribution >= 0.6 is 0 Å². The Bertz CT molecular complexity index is 752. The number of nitrogens with zero attached hydrogens (tertiary/aromatic N) is 2. The van der Waals surface area contributed by atoms with E-state index in [4.69, 9.17) is 9.16 Å². The molecule has 0 N–H and O–H groups in total. The number of anilines is 1. The molecule has 1 aromatic rings. The van der Waals surface area contributed by atoms with Crippen molar-refractivity contribution in [3.8, 4) is 0 Å². The smallest absolute Gasteiger partial charge is 0.222 e. The van der Waals surface area contributed by atoms with Crippen molar-refractivity contribution in [2.24, 2.45) is 5.92 Å². The molecule has 2 aliphatic heterocycles. The highest BCUT2D eigenvalue weighted by Crippen LogP contribution is 2.37. The zero-order chi connectivity index (χ0) is 22.6. The van der Waals surface area contributed by atoms with Crippen LogP contribution in [0.3, 0.4) is 0 Å². The van der Waals surface area contributed by atoms with Crippen LogP contribution in [-0.2, 0) is 20.6 Å². The summed E-state index contributed by atoms with van der Waals surface area (Å²) in [5.74, 6) is 0.473. The third-order valence-electron chi connectivity index (χ3n) is 7.23. The molecule has 0 radical (unpaired) electrons. The molecule has 0 aromatic heterocycles. The van der Waals surface area contributed by atoms with Gasteiger partial charge in [-0.05, 0) is 43.0 Å². The van der Waals surface area contributed by atoms with Crippen molar-refractivity contribution in [2.45, 2.75) is 64.8 Å². The number of amides is 1. The molecule has 3 rings (SSSR count). The lowest BCUT2D eigenvalue weighted by molar-refractivity contribution is -0.133. The molecular weight excluding hydrogens is 411 g/mol. The van der Waals surface area contributed by atoms with Gasteiger partial charge in [0.1, 0.15) is 0 Å². The lowest BCUT2D eigenvalue weighted by Crippen LogP contribution is -2.49. The summed E-state index contributed by atoms with van der Waals surface area (Å²) in [4.78, 5) is 16.7. The fraction of sp³-hybridized carbons (Fsp3) is 0.708. The Labute approximate surface area is 188 Å². The first-order valence-electron chi connectivity index (χ1n) is 11.6. The van der Waals surface area contributed by atoms with Crippen molar-refractivity contribution < 1.29 is 18.3 Å². The van der Waals surface area contributed by atoms with Gasteiger partial charge in [0.25, 0.3) is 0 Å². The fourth-order valence-corrected chi connectivity index (χ4v) is 4.87. The molecule has 2 heterocycles. The van der Waals surface area contributed by atoms with E-state index >= 15 is 4.39 Å². The first kappa shape index (κ1) is 24.2. The lowest BCUT2D eigenvalue weighted by Gasteiger charge is -2.38. The fourth-order valence-electron chi connectivity index (χ4n) is 3.92. The van der Waals surface area contributed by atoms with Crippen LogP contribution in [0.2, 0.25) is 18.1 Å². The van der Waals surface area contributed by atoms with Gasteiger partial charge in [0.05, 0.1) is 12.3 Å². The molecular formula is C24H39FN2O3Si. The minimum absolute atomic E-state index is 0.0919. The summed E-state index contributed by atoms with van der Waals surface area (Å²) in [5, 5.41) is 0.0919. The Morgan fingerprint density at radius 3 is 2.42 bits per heavy atom. The van der Waals surface area contributed by atoms with E-state index < -0.39 is 8.32 Å². The molecule has 7 heteroatoms. The normalized spacial score (nSPS) is 19.0. The van der Waals surface area contributed by atoms with Gasteiger partial charge in [-0.25, -0.2) is 4.39 Å². The maximum absolute atomic E-state index is 15.3. The molecule has 0 spiro atoms. The molecule has 0 atom stereocenters. The third kappa shape index (κ3) is 6.08. The van der Waals surface area contributed by atoms with Crippen LogP contribution in [0, 0.1) is 11.7 Å². The van der Waals surface area contributed by atoms with E-state index in [2.05, 4.69) is 38.8 Å². The highest BCUT2D eigenvalue weighted by atomic mass is 28.4. The number of hydrogen-bond acceptors (Lipinski definition) is 4. The molecule has 1 aromatic carbocycles. The van der Waals surface area contributed by atoms with Gasteiger partial charge in [-0.1, -0.05) is 32.9 Å². The number of carbonyl (C=O) groups is 1. The third-order valence-corrected chi connectivity index (χ3v) is 11.7. The molecule has 31 heavy (non-hydrogen) atoms. The van der Waals surface area contributed by atoms with Crippen LogP contribution in [0.15, 0.2) is 18.2 Å². The van der Waals surface area contributed by atoms with Crippen LogP contribution in [-0.4, -0.2) is 58.5 Å². The zero-order valence-corrected chi connectivity index (χ0v) is 20.9. The minimum atomic E-state index is -1.94. The molecule has 0 bridgehead atoms. The maximum atomic E-state index is 15.3. The second-order valence-electron chi connectivity index (χ2n) is 10.4. The van der Waals surface area contributed by atoms with E-state index in [0.717, 1.165) is 26.1 Å². The molecule has 0 unspecified atom stereocenters. The topological polar surface area (TPSA) is 42.0 Å². The van der Waals surface area contributed by atoms with Crippen molar-refractivity contribution in [3.63, 3.8) is 0 Å². The Balaban J connectivity index is 1.56. The van der Waals surface area contributed by atoms with Gasteiger partial charge in [0.15, 0.2) is 14.1 Å². The van der Waals surface area contributed by atoms with Crippen LogP contribution in [0.5, 0.6) is 0 Å². The second-order valence-corrected chi connectivity index (χ2v) is 15.2. The van der Waals surface area contributed by atoms with Gasteiger partial charge in [0, 0.05) is 51.4 Å². The SMILES string of the molecule is CC(C)(C)[Si](C)(C)OCc1cccc(N2CCN(C(=O)CC3CCOCC3)CC2)c1F. The summed E-state index contributed by atoms with van der Waals surface area (Å²) in [6, 6.07) is 5.57. The summed E-state index contributed by atoms with van der Waals surface area (Å²) >= 11 is 0. The molecule has 0 aliphatic carbocycles. The predicted molar refractivity (Wildman–Crippen MR) is 125 cm³/mol. The molecule has 2 aliphatic rings. The molecule has 0 saturated carbocycles. The highest BCUT2D eigenvalue weighted by Gasteiger charge is 2.37. The van der Waals surface area contributed by atoms with E-state index in [-0.39, 0.29) is 16.8 Å². The van der Waals surface area contributed by atoms with Gasteiger partial charge < -0.3 is 19.0 Å². The Morgan fingerprint density at radius 1 is 1.16 bits per heavy atom. The lowest BCUT2D eigenvalue weighted by atomic mass is 9.96. The quantitative estimate of drug-likeness (QED) is 0.583. The number of carbonyl (C=O) groups excluding carboxylic acids is 1. The molecule has 5 nitrogen and oxygen atoms in total. The summed E-state index contributed by atoms with van der Waals surface area (Å²) in [6.07, 6.45) is 2.55. The van der Waals surface area contributed by atoms with E-state index in [1.165, 1.54) is 0 Å². The van der Waals surface area contributed by atoms with Gasteiger partial charge >= 0.3 is 0 Å². The molecule has 1 amide bonds. The van der Waals surface area contributed by atoms with E-state index in [0.29, 0.717) is 56.4 Å². The van der Waals surface area contributed by atoms with Crippen molar-refractivity contribution >= 4 is 19.9 Å². The Morgan fingerprint density at radius 2 is 1.81 bits per heavy atom. The van der Waals surface area contributed by atoms with Crippen LogP contribution in [0.25, 0.3) is 0 Å². The predicted octanol–water partition coefficient (Wildman–Crippen LogP) is 4.81. The summed E-state index contributed by atoms with van der Waals surface area (Å²) in [6.45, 7) is 15.4.